The van der Waals surface area contributed by atoms with E-state index in [1.54, 1.807) is 18.4 Å². The number of hydrogen-bond donors (Lipinski definition) is 3. The van der Waals surface area contributed by atoms with Crippen LogP contribution in [0.4, 0.5) is 5.69 Å². The molecule has 7 heteroatoms. The fraction of sp³-hybridized carbons (Fsp3) is 0.286. The highest BCUT2D eigenvalue weighted by atomic mass is 32.2. The van der Waals surface area contributed by atoms with Crippen molar-refractivity contribution < 1.29 is 12.8 Å². The van der Waals surface area contributed by atoms with Crippen molar-refractivity contribution in [3.8, 4) is 0 Å². The second kappa shape index (κ2) is 6.75. The van der Waals surface area contributed by atoms with Gasteiger partial charge in [0, 0.05) is 18.2 Å². The highest BCUT2D eigenvalue weighted by Gasteiger charge is 2.17. The maximum atomic E-state index is 12.2. The van der Waals surface area contributed by atoms with Crippen molar-refractivity contribution in [3.63, 3.8) is 0 Å². The van der Waals surface area contributed by atoms with E-state index in [-0.39, 0.29) is 10.9 Å². The molecule has 1 heterocycles. The van der Waals surface area contributed by atoms with E-state index in [0.29, 0.717) is 18.5 Å². The van der Waals surface area contributed by atoms with Crippen LogP contribution in [-0.4, -0.2) is 14.5 Å². The summed E-state index contributed by atoms with van der Waals surface area (Å²) in [6.07, 6.45) is 2.96. The van der Waals surface area contributed by atoms with E-state index in [9.17, 15) is 8.42 Å². The number of rotatable bonds is 7. The minimum absolute atomic E-state index is 0.188. The zero-order chi connectivity index (χ0) is 15.3. The van der Waals surface area contributed by atoms with Crippen LogP contribution in [0.15, 0.2) is 52.0 Å². The van der Waals surface area contributed by atoms with Crippen molar-refractivity contribution >= 4 is 15.7 Å². The monoisotopic (exact) mass is 309 g/mol. The van der Waals surface area contributed by atoms with Gasteiger partial charge in [-0.25, -0.2) is 13.1 Å². The molecule has 1 atom stereocenters. The van der Waals surface area contributed by atoms with E-state index in [2.05, 4.69) is 10.1 Å². The van der Waals surface area contributed by atoms with Crippen LogP contribution in [0, 0.1) is 0 Å². The fourth-order valence-electron chi connectivity index (χ4n) is 1.94. The number of nitrogen functional groups attached to an aromatic ring is 1. The molecule has 1 aromatic carbocycles. The lowest BCUT2D eigenvalue weighted by Gasteiger charge is -2.14. The van der Waals surface area contributed by atoms with Crippen molar-refractivity contribution in [2.75, 3.05) is 5.43 Å². The summed E-state index contributed by atoms with van der Waals surface area (Å²) in [5, 5.41) is 0. The number of anilines is 1. The summed E-state index contributed by atoms with van der Waals surface area (Å²) in [6, 6.07) is 9.75. The predicted molar refractivity (Wildman–Crippen MR) is 81.1 cm³/mol. The number of hydrogen-bond acceptors (Lipinski definition) is 5. The number of aryl methyl sites for hydroxylation is 1. The van der Waals surface area contributed by atoms with Crippen LogP contribution in [0.5, 0.6) is 0 Å². The Bertz CT molecular complexity index is 651. The Labute approximate surface area is 124 Å². The van der Waals surface area contributed by atoms with Gasteiger partial charge in [0.2, 0.25) is 10.0 Å². The number of hydrazine groups is 1. The first kappa shape index (κ1) is 15.6. The molecule has 114 valence electrons. The zero-order valence-electron chi connectivity index (χ0n) is 11.7. The first-order chi connectivity index (χ1) is 10.0. The number of benzene rings is 1. The first-order valence-electron chi connectivity index (χ1n) is 6.62. The lowest BCUT2D eigenvalue weighted by Crippen LogP contribution is -2.32. The third-order valence-electron chi connectivity index (χ3n) is 3.09. The predicted octanol–water partition coefficient (Wildman–Crippen LogP) is 1.86. The molecular formula is C14H19N3O3S. The highest BCUT2D eigenvalue weighted by molar-refractivity contribution is 7.89. The molecule has 1 aromatic heterocycles. The maximum Gasteiger partial charge on any atom is 0.240 e. The molecule has 21 heavy (non-hydrogen) atoms. The van der Waals surface area contributed by atoms with Crippen LogP contribution >= 0.6 is 0 Å². The van der Waals surface area contributed by atoms with Gasteiger partial charge in [0.25, 0.3) is 0 Å². The molecule has 0 aliphatic rings. The molecular weight excluding hydrogens is 290 g/mol. The second-order valence-corrected chi connectivity index (χ2v) is 6.52. The molecule has 2 aromatic rings. The molecule has 4 N–H and O–H groups in total. The summed E-state index contributed by atoms with van der Waals surface area (Å²) in [5.74, 6) is 6.10. The summed E-state index contributed by atoms with van der Waals surface area (Å²) in [7, 11) is -3.52. The van der Waals surface area contributed by atoms with Gasteiger partial charge >= 0.3 is 0 Å². The van der Waals surface area contributed by atoms with Gasteiger partial charge in [-0.15, -0.1) is 0 Å². The molecule has 2 rings (SSSR count). The van der Waals surface area contributed by atoms with E-state index < -0.39 is 10.0 Å². The maximum absolute atomic E-state index is 12.2. The average Bonchev–Trinajstić information content (AvgIpc) is 2.98. The molecule has 0 fully saturated rings. The lowest BCUT2D eigenvalue weighted by molar-refractivity contribution is 0.480. The van der Waals surface area contributed by atoms with Gasteiger partial charge in [0.15, 0.2) is 0 Å². The van der Waals surface area contributed by atoms with E-state index in [0.717, 1.165) is 5.76 Å². The lowest BCUT2D eigenvalue weighted by atomic mass is 10.2. The van der Waals surface area contributed by atoms with E-state index in [1.807, 2.05) is 19.1 Å². The molecule has 0 radical (unpaired) electrons. The molecule has 0 bridgehead atoms. The Morgan fingerprint density at radius 2 is 1.95 bits per heavy atom. The molecule has 0 saturated carbocycles. The SMILES string of the molecule is CC(CCc1ccco1)NS(=O)(=O)c1ccc(NN)cc1. The van der Waals surface area contributed by atoms with Crippen molar-refractivity contribution in [2.24, 2.45) is 5.84 Å². The molecule has 0 saturated heterocycles. The van der Waals surface area contributed by atoms with Crippen LogP contribution in [0.2, 0.25) is 0 Å². The Balaban J connectivity index is 1.95. The molecule has 0 aliphatic carbocycles. The summed E-state index contributed by atoms with van der Waals surface area (Å²) in [4.78, 5) is 0.214. The normalized spacial score (nSPS) is 13.0. The van der Waals surface area contributed by atoms with E-state index in [1.165, 1.54) is 12.1 Å². The van der Waals surface area contributed by atoms with Gasteiger partial charge in [0.1, 0.15) is 5.76 Å². The molecule has 6 nitrogen and oxygen atoms in total. The van der Waals surface area contributed by atoms with Crippen molar-refractivity contribution in [1.82, 2.24) is 4.72 Å². The number of nitrogens with two attached hydrogens (primary N) is 1. The van der Waals surface area contributed by atoms with Crippen LogP contribution in [-0.2, 0) is 16.4 Å². The smallest absolute Gasteiger partial charge is 0.240 e. The number of furan rings is 1. The Morgan fingerprint density at radius 3 is 2.52 bits per heavy atom. The first-order valence-corrected chi connectivity index (χ1v) is 8.11. The van der Waals surface area contributed by atoms with Gasteiger partial charge < -0.3 is 9.84 Å². The fourth-order valence-corrected chi connectivity index (χ4v) is 3.21. The molecule has 0 spiro atoms. The van der Waals surface area contributed by atoms with Crippen molar-refractivity contribution in [1.29, 1.82) is 0 Å². The summed E-state index contributed by atoms with van der Waals surface area (Å²) in [6.45, 7) is 1.83. The summed E-state index contributed by atoms with van der Waals surface area (Å²) < 4.78 is 32.3. The van der Waals surface area contributed by atoms with Gasteiger partial charge in [-0.05, 0) is 49.7 Å². The van der Waals surface area contributed by atoms with Crippen molar-refractivity contribution in [2.45, 2.75) is 30.7 Å². The van der Waals surface area contributed by atoms with Crippen LogP contribution in [0.1, 0.15) is 19.1 Å². The van der Waals surface area contributed by atoms with Crippen LogP contribution in [0.3, 0.4) is 0 Å². The Morgan fingerprint density at radius 1 is 1.24 bits per heavy atom. The van der Waals surface area contributed by atoms with Gasteiger partial charge in [-0.2, -0.15) is 0 Å². The topological polar surface area (TPSA) is 97.4 Å². The minimum Gasteiger partial charge on any atom is -0.469 e. The Kier molecular flexibility index (Phi) is 5.00. The van der Waals surface area contributed by atoms with Gasteiger partial charge in [-0.3, -0.25) is 5.84 Å². The van der Waals surface area contributed by atoms with Crippen LogP contribution in [0.25, 0.3) is 0 Å². The number of sulfonamides is 1. The molecule has 1 unspecified atom stereocenters. The third-order valence-corrected chi connectivity index (χ3v) is 4.70. The van der Waals surface area contributed by atoms with Gasteiger partial charge in [0.05, 0.1) is 11.2 Å². The molecule has 0 aliphatic heterocycles. The summed E-state index contributed by atoms with van der Waals surface area (Å²) in [5.41, 5.74) is 3.11. The quantitative estimate of drug-likeness (QED) is 0.536. The Hall–Kier alpha value is -1.83. The largest absolute Gasteiger partial charge is 0.469 e. The second-order valence-electron chi connectivity index (χ2n) is 4.81. The highest BCUT2D eigenvalue weighted by Crippen LogP contribution is 2.14. The van der Waals surface area contributed by atoms with Gasteiger partial charge in [-0.1, -0.05) is 0 Å². The standard InChI is InChI=1S/C14H19N3O3S/c1-11(4-7-13-3-2-10-20-13)17-21(18,19)14-8-5-12(16-15)6-9-14/h2-3,5-6,8-11,16-17H,4,7,15H2,1H3. The van der Waals surface area contributed by atoms with E-state index in [4.69, 9.17) is 10.3 Å². The number of nitrogens with one attached hydrogen (secondary N) is 2. The van der Waals surface area contributed by atoms with E-state index >= 15 is 0 Å². The van der Waals surface area contributed by atoms with Crippen LogP contribution < -0.4 is 16.0 Å². The third kappa shape index (κ3) is 4.32. The van der Waals surface area contributed by atoms with Crippen molar-refractivity contribution in [3.05, 3.63) is 48.4 Å². The average molecular weight is 309 g/mol. The summed E-state index contributed by atoms with van der Waals surface area (Å²) >= 11 is 0. The molecule has 0 amide bonds. The minimum atomic E-state index is -3.52. The zero-order valence-corrected chi connectivity index (χ0v) is 12.6.